The molecule has 0 bridgehead atoms. The largest absolute Gasteiger partial charge is 0.469 e. The summed E-state index contributed by atoms with van der Waals surface area (Å²) in [6, 6.07) is 5.69. The van der Waals surface area contributed by atoms with Gasteiger partial charge in [0.2, 0.25) is 5.88 Å². The van der Waals surface area contributed by atoms with Crippen LogP contribution in [0.3, 0.4) is 0 Å². The van der Waals surface area contributed by atoms with Gasteiger partial charge in [-0.1, -0.05) is 6.07 Å². The van der Waals surface area contributed by atoms with Crippen molar-refractivity contribution in [3.05, 3.63) is 36.3 Å². The smallest absolute Gasteiger partial charge is 0.246 e. The first-order chi connectivity index (χ1) is 6.45. The lowest BCUT2D eigenvalue weighted by atomic mass is 10.4. The molecular formula is C8H7N3OS. The van der Waals surface area contributed by atoms with Gasteiger partial charge in [0.25, 0.3) is 0 Å². The van der Waals surface area contributed by atoms with Gasteiger partial charge in [-0.05, 0) is 12.1 Å². The molecule has 0 saturated heterocycles. The molecular weight excluding hydrogens is 186 g/mol. The lowest BCUT2D eigenvalue weighted by molar-refractivity contribution is 0.292. The summed E-state index contributed by atoms with van der Waals surface area (Å²) in [5, 5.41) is 0. The molecule has 0 saturated carbocycles. The zero-order valence-corrected chi connectivity index (χ0v) is 7.57. The molecule has 2 rings (SSSR count). The zero-order valence-electron chi connectivity index (χ0n) is 6.75. The van der Waals surface area contributed by atoms with Crippen LogP contribution in [0.15, 0.2) is 30.6 Å². The number of nitrogens with zero attached hydrogens (tertiary/aromatic N) is 3. The second kappa shape index (κ2) is 3.95. The molecule has 2 aromatic rings. The highest BCUT2D eigenvalue weighted by Gasteiger charge is 1.97. The molecule has 0 unspecified atom stereocenters. The topological polar surface area (TPSA) is 47.9 Å². The Morgan fingerprint density at radius 2 is 2.38 bits per heavy atom. The SMILES string of the molecule is c1ccc(COc2cnsn2)nc1. The number of aromatic nitrogens is 3. The van der Waals surface area contributed by atoms with E-state index >= 15 is 0 Å². The quantitative estimate of drug-likeness (QED) is 0.741. The summed E-state index contributed by atoms with van der Waals surface area (Å²) in [4.78, 5) is 4.11. The normalized spacial score (nSPS) is 9.85. The first-order valence-electron chi connectivity index (χ1n) is 3.75. The highest BCUT2D eigenvalue weighted by molar-refractivity contribution is 6.99. The number of hydrogen-bond acceptors (Lipinski definition) is 5. The van der Waals surface area contributed by atoms with E-state index in [0.717, 1.165) is 17.4 Å². The minimum Gasteiger partial charge on any atom is -0.469 e. The molecule has 2 aromatic heterocycles. The Kier molecular flexibility index (Phi) is 2.47. The molecule has 0 fully saturated rings. The summed E-state index contributed by atoms with van der Waals surface area (Å²) < 4.78 is 13.0. The van der Waals surface area contributed by atoms with Gasteiger partial charge in [0.15, 0.2) is 0 Å². The van der Waals surface area contributed by atoms with E-state index in [1.807, 2.05) is 18.2 Å². The molecule has 2 heterocycles. The van der Waals surface area contributed by atoms with Gasteiger partial charge in [0, 0.05) is 6.20 Å². The van der Waals surface area contributed by atoms with Gasteiger partial charge in [0.1, 0.15) is 12.8 Å². The third kappa shape index (κ3) is 2.22. The highest BCUT2D eigenvalue weighted by atomic mass is 32.1. The molecule has 0 spiro atoms. The van der Waals surface area contributed by atoms with Crippen LogP contribution < -0.4 is 4.74 Å². The van der Waals surface area contributed by atoms with Crippen molar-refractivity contribution in [2.45, 2.75) is 6.61 Å². The maximum Gasteiger partial charge on any atom is 0.246 e. The van der Waals surface area contributed by atoms with Crippen LogP contribution in [-0.4, -0.2) is 13.7 Å². The number of hydrogen-bond donors (Lipinski definition) is 0. The summed E-state index contributed by atoms with van der Waals surface area (Å²) in [6.45, 7) is 0.437. The van der Waals surface area contributed by atoms with Gasteiger partial charge in [0.05, 0.1) is 17.4 Å². The van der Waals surface area contributed by atoms with Crippen molar-refractivity contribution in [1.29, 1.82) is 0 Å². The molecule has 0 atom stereocenters. The van der Waals surface area contributed by atoms with Crippen molar-refractivity contribution in [3.8, 4) is 5.88 Å². The van der Waals surface area contributed by atoms with Crippen molar-refractivity contribution in [3.63, 3.8) is 0 Å². The lowest BCUT2D eigenvalue weighted by Crippen LogP contribution is -1.97. The van der Waals surface area contributed by atoms with E-state index in [0.29, 0.717) is 12.5 Å². The number of rotatable bonds is 3. The number of ether oxygens (including phenoxy) is 1. The monoisotopic (exact) mass is 193 g/mol. The van der Waals surface area contributed by atoms with Gasteiger partial charge < -0.3 is 4.74 Å². The first kappa shape index (κ1) is 8.12. The molecule has 13 heavy (non-hydrogen) atoms. The van der Waals surface area contributed by atoms with E-state index in [9.17, 15) is 0 Å². The third-order valence-corrected chi connectivity index (χ3v) is 1.90. The van der Waals surface area contributed by atoms with Gasteiger partial charge >= 0.3 is 0 Å². The van der Waals surface area contributed by atoms with Crippen molar-refractivity contribution < 1.29 is 4.74 Å². The standard InChI is InChI=1S/C8H7N3OS/c1-2-4-9-7(3-1)6-12-8-5-10-13-11-8/h1-5H,6H2. The minimum atomic E-state index is 0.437. The summed E-state index contributed by atoms with van der Waals surface area (Å²) in [5.41, 5.74) is 0.885. The van der Waals surface area contributed by atoms with E-state index < -0.39 is 0 Å². The molecule has 0 aliphatic carbocycles. The van der Waals surface area contributed by atoms with Crippen LogP contribution in [0.25, 0.3) is 0 Å². The average molecular weight is 193 g/mol. The van der Waals surface area contributed by atoms with E-state index in [1.165, 1.54) is 0 Å². The van der Waals surface area contributed by atoms with Crippen molar-refractivity contribution in [2.24, 2.45) is 0 Å². The van der Waals surface area contributed by atoms with Gasteiger partial charge in [-0.25, -0.2) is 0 Å². The minimum absolute atomic E-state index is 0.437. The van der Waals surface area contributed by atoms with E-state index in [-0.39, 0.29) is 0 Å². The maximum absolute atomic E-state index is 5.31. The Morgan fingerprint density at radius 1 is 1.38 bits per heavy atom. The molecule has 4 nitrogen and oxygen atoms in total. The van der Waals surface area contributed by atoms with Crippen LogP contribution in [0.5, 0.6) is 5.88 Å². The summed E-state index contributed by atoms with van der Waals surface area (Å²) in [6.07, 6.45) is 3.32. The Hall–Kier alpha value is -1.49. The second-order valence-electron chi connectivity index (χ2n) is 2.36. The van der Waals surface area contributed by atoms with Crippen LogP contribution in [0.4, 0.5) is 0 Å². The third-order valence-electron chi connectivity index (χ3n) is 1.44. The van der Waals surface area contributed by atoms with Crippen molar-refractivity contribution in [2.75, 3.05) is 0 Å². The fourth-order valence-corrected chi connectivity index (χ4v) is 1.22. The summed E-state index contributed by atoms with van der Waals surface area (Å²) >= 11 is 1.13. The van der Waals surface area contributed by atoms with E-state index in [1.54, 1.807) is 12.4 Å². The van der Waals surface area contributed by atoms with Gasteiger partial charge in [-0.15, -0.1) is 4.37 Å². The van der Waals surface area contributed by atoms with Crippen molar-refractivity contribution in [1.82, 2.24) is 13.7 Å². The Bertz CT molecular complexity index is 349. The molecule has 0 N–H and O–H groups in total. The molecule has 0 aromatic carbocycles. The Balaban J connectivity index is 1.94. The van der Waals surface area contributed by atoms with E-state index in [2.05, 4.69) is 13.7 Å². The molecule has 0 aliphatic rings. The van der Waals surface area contributed by atoms with Gasteiger partial charge in [-0.3, -0.25) is 4.98 Å². The predicted molar refractivity (Wildman–Crippen MR) is 48.5 cm³/mol. The highest BCUT2D eigenvalue weighted by Crippen LogP contribution is 2.07. The van der Waals surface area contributed by atoms with Crippen molar-refractivity contribution >= 4 is 11.7 Å². The van der Waals surface area contributed by atoms with Crippen LogP contribution in [0, 0.1) is 0 Å². The fourth-order valence-electron chi connectivity index (χ4n) is 0.851. The van der Waals surface area contributed by atoms with Crippen LogP contribution in [-0.2, 0) is 6.61 Å². The van der Waals surface area contributed by atoms with E-state index in [4.69, 9.17) is 4.74 Å². The lowest BCUT2D eigenvalue weighted by Gasteiger charge is -1.99. The van der Waals surface area contributed by atoms with Crippen LogP contribution in [0.1, 0.15) is 5.69 Å². The average Bonchev–Trinajstić information content (AvgIpc) is 2.69. The Labute approximate surface area is 79.5 Å². The Morgan fingerprint density at radius 3 is 3.08 bits per heavy atom. The summed E-state index contributed by atoms with van der Waals surface area (Å²) in [5.74, 6) is 0.552. The molecule has 66 valence electrons. The number of pyridine rings is 1. The predicted octanol–water partition coefficient (Wildman–Crippen LogP) is 1.51. The zero-order chi connectivity index (χ0) is 8.93. The molecule has 0 radical (unpaired) electrons. The van der Waals surface area contributed by atoms with Crippen LogP contribution >= 0.6 is 11.7 Å². The first-order valence-corrected chi connectivity index (χ1v) is 4.48. The van der Waals surface area contributed by atoms with Gasteiger partial charge in [-0.2, -0.15) is 4.37 Å². The molecule has 0 amide bonds. The molecule has 5 heteroatoms. The fraction of sp³-hybridized carbons (Fsp3) is 0.125. The van der Waals surface area contributed by atoms with Crippen LogP contribution in [0.2, 0.25) is 0 Å². The molecule has 0 aliphatic heterocycles. The maximum atomic E-state index is 5.31. The summed E-state index contributed by atoms with van der Waals surface area (Å²) in [7, 11) is 0. The second-order valence-corrected chi connectivity index (χ2v) is 2.91.